The Hall–Kier alpha value is -2.16. The maximum Gasteiger partial charge on any atom is 0.205 e. The number of rotatable bonds is 3. The number of hydrogen-bond donors (Lipinski definition) is 1. The Labute approximate surface area is 155 Å². The number of carbonyl (C=O) groups excluding carboxylic acids is 1. The summed E-state index contributed by atoms with van der Waals surface area (Å²) in [6.07, 6.45) is 1.72. The van der Waals surface area contributed by atoms with E-state index in [0.717, 1.165) is 0 Å². The lowest BCUT2D eigenvalue weighted by atomic mass is 9.77. The van der Waals surface area contributed by atoms with E-state index in [1.54, 1.807) is 12.1 Å². The van der Waals surface area contributed by atoms with Crippen LogP contribution in [-0.2, 0) is 9.53 Å². The summed E-state index contributed by atoms with van der Waals surface area (Å²) in [5.74, 6) is 0.238. The van der Waals surface area contributed by atoms with E-state index in [1.165, 1.54) is 0 Å². The highest BCUT2D eigenvalue weighted by Crippen LogP contribution is 2.46. The molecule has 0 aromatic heterocycles. The van der Waals surface area contributed by atoms with E-state index in [9.17, 15) is 10.1 Å². The Balaban J connectivity index is 2.18. The van der Waals surface area contributed by atoms with Gasteiger partial charge in [-0.15, -0.1) is 0 Å². The molecule has 1 aromatic rings. The standard InChI is InChI=1S/C18H16Cl2N2O3/c1-2-24-17-11(19)6-9(7-12(17)20)15-10(8-21)18(22)25-14-5-3-4-13(23)16(14)15/h6-7,15H,2-5,22H2,1H3/t15-/m0/s1. The first kappa shape index (κ1) is 17.7. The molecule has 130 valence electrons. The molecule has 1 aliphatic heterocycles. The molecule has 0 unspecified atom stereocenters. The molecule has 2 aliphatic rings. The van der Waals surface area contributed by atoms with Crippen molar-refractivity contribution >= 4 is 29.0 Å². The first-order chi connectivity index (χ1) is 12.0. The summed E-state index contributed by atoms with van der Waals surface area (Å²) in [6, 6.07) is 5.38. The fourth-order valence-corrected chi connectivity index (χ4v) is 3.83. The smallest absolute Gasteiger partial charge is 0.205 e. The third-order valence-corrected chi connectivity index (χ3v) is 4.81. The Kier molecular flexibility index (Phi) is 4.94. The maximum absolute atomic E-state index is 12.5. The SMILES string of the molecule is CCOc1c(Cl)cc([C@H]2C(C#N)=C(N)OC3=C2C(=O)CCC3)cc1Cl. The summed E-state index contributed by atoms with van der Waals surface area (Å²) in [4.78, 5) is 12.5. The van der Waals surface area contributed by atoms with Crippen LogP contribution in [-0.4, -0.2) is 12.4 Å². The van der Waals surface area contributed by atoms with Gasteiger partial charge in [0.15, 0.2) is 11.5 Å². The number of halogens is 2. The second-order valence-corrected chi connectivity index (χ2v) is 6.60. The number of nitrogens with zero attached hydrogens (tertiary/aromatic N) is 1. The minimum absolute atomic E-state index is 0.0158. The highest BCUT2D eigenvalue weighted by molar-refractivity contribution is 6.37. The molecule has 1 atom stereocenters. The van der Waals surface area contributed by atoms with Crippen LogP contribution in [0.3, 0.4) is 0 Å². The summed E-state index contributed by atoms with van der Waals surface area (Å²) in [7, 11) is 0. The molecule has 3 rings (SSSR count). The Morgan fingerprint density at radius 2 is 2.04 bits per heavy atom. The van der Waals surface area contributed by atoms with Crippen LogP contribution in [0, 0.1) is 11.3 Å². The van der Waals surface area contributed by atoms with E-state index < -0.39 is 5.92 Å². The Morgan fingerprint density at radius 3 is 2.64 bits per heavy atom. The molecule has 1 aliphatic carbocycles. The van der Waals surface area contributed by atoms with Crippen LogP contribution in [0.5, 0.6) is 5.75 Å². The van der Waals surface area contributed by atoms with Gasteiger partial charge in [0, 0.05) is 18.4 Å². The molecule has 1 aromatic carbocycles. The average molecular weight is 379 g/mol. The Morgan fingerprint density at radius 1 is 1.36 bits per heavy atom. The molecular formula is C18H16Cl2N2O3. The zero-order valence-electron chi connectivity index (χ0n) is 13.6. The number of Topliss-reactive ketones (excluding diaryl/α,β-unsaturated/α-hetero) is 1. The van der Waals surface area contributed by atoms with Gasteiger partial charge in [0.2, 0.25) is 5.88 Å². The number of carbonyl (C=O) groups is 1. The van der Waals surface area contributed by atoms with Gasteiger partial charge in [-0.1, -0.05) is 23.2 Å². The first-order valence-corrected chi connectivity index (χ1v) is 8.69. The first-order valence-electron chi connectivity index (χ1n) is 7.93. The van der Waals surface area contributed by atoms with Gasteiger partial charge in [-0.25, -0.2) is 0 Å². The molecule has 2 N–H and O–H groups in total. The Bertz CT molecular complexity index is 829. The van der Waals surface area contributed by atoms with Gasteiger partial charge in [0.1, 0.15) is 17.4 Å². The zero-order valence-corrected chi connectivity index (χ0v) is 15.1. The normalized spacial score (nSPS) is 20.1. The van der Waals surface area contributed by atoms with Crippen LogP contribution in [0.15, 0.2) is 34.9 Å². The number of ketones is 1. The summed E-state index contributed by atoms with van der Waals surface area (Å²) in [5.41, 5.74) is 7.19. The third kappa shape index (κ3) is 3.08. The van der Waals surface area contributed by atoms with Gasteiger partial charge >= 0.3 is 0 Å². The molecule has 1 heterocycles. The number of benzene rings is 1. The van der Waals surface area contributed by atoms with E-state index in [2.05, 4.69) is 6.07 Å². The molecule has 0 saturated heterocycles. The number of nitrogens with two attached hydrogens (primary N) is 1. The second kappa shape index (κ2) is 6.99. The van der Waals surface area contributed by atoms with E-state index >= 15 is 0 Å². The predicted molar refractivity (Wildman–Crippen MR) is 94.2 cm³/mol. The number of nitriles is 1. The topological polar surface area (TPSA) is 85.3 Å². The van der Waals surface area contributed by atoms with Crippen LogP contribution in [0.2, 0.25) is 10.0 Å². The largest absolute Gasteiger partial charge is 0.491 e. The highest BCUT2D eigenvalue weighted by Gasteiger charge is 2.38. The quantitative estimate of drug-likeness (QED) is 0.851. The van der Waals surface area contributed by atoms with Crippen LogP contribution >= 0.6 is 23.2 Å². The van der Waals surface area contributed by atoms with Crippen molar-refractivity contribution in [3.63, 3.8) is 0 Å². The van der Waals surface area contributed by atoms with Crippen molar-refractivity contribution in [2.45, 2.75) is 32.1 Å². The lowest BCUT2D eigenvalue weighted by Gasteiger charge is -2.31. The van der Waals surface area contributed by atoms with Gasteiger partial charge in [-0.05, 0) is 31.0 Å². The van der Waals surface area contributed by atoms with Crippen molar-refractivity contribution in [1.29, 1.82) is 5.26 Å². The monoisotopic (exact) mass is 378 g/mol. The third-order valence-electron chi connectivity index (χ3n) is 4.25. The summed E-state index contributed by atoms with van der Waals surface area (Å²) >= 11 is 12.6. The summed E-state index contributed by atoms with van der Waals surface area (Å²) in [5, 5.41) is 10.2. The van der Waals surface area contributed by atoms with Gasteiger partial charge < -0.3 is 15.2 Å². The minimum atomic E-state index is -0.632. The number of hydrogen-bond acceptors (Lipinski definition) is 5. The predicted octanol–water partition coefficient (Wildman–Crippen LogP) is 4.21. The van der Waals surface area contributed by atoms with Crippen LogP contribution < -0.4 is 10.5 Å². The van der Waals surface area contributed by atoms with E-state index in [-0.39, 0.29) is 17.2 Å². The van der Waals surface area contributed by atoms with Crippen molar-refractivity contribution in [1.82, 2.24) is 0 Å². The molecule has 0 saturated carbocycles. The fraction of sp³-hybridized carbons (Fsp3) is 0.333. The summed E-state index contributed by atoms with van der Waals surface area (Å²) in [6.45, 7) is 2.24. The maximum atomic E-state index is 12.5. The molecule has 0 fully saturated rings. The van der Waals surface area contributed by atoms with Gasteiger partial charge in [0.05, 0.1) is 22.6 Å². The van der Waals surface area contributed by atoms with Gasteiger partial charge in [0.25, 0.3) is 0 Å². The van der Waals surface area contributed by atoms with Crippen LogP contribution in [0.4, 0.5) is 0 Å². The number of ether oxygens (including phenoxy) is 2. The fourth-order valence-electron chi connectivity index (χ4n) is 3.22. The van der Waals surface area contributed by atoms with E-state index in [4.69, 9.17) is 38.4 Å². The highest BCUT2D eigenvalue weighted by atomic mass is 35.5. The molecule has 7 heteroatoms. The lowest BCUT2D eigenvalue weighted by Crippen LogP contribution is -2.27. The van der Waals surface area contributed by atoms with Gasteiger partial charge in [-0.3, -0.25) is 4.79 Å². The van der Waals surface area contributed by atoms with Crippen molar-refractivity contribution in [2.75, 3.05) is 6.61 Å². The second-order valence-electron chi connectivity index (χ2n) is 5.79. The molecule has 5 nitrogen and oxygen atoms in total. The zero-order chi connectivity index (χ0) is 18.1. The molecule has 25 heavy (non-hydrogen) atoms. The van der Waals surface area contributed by atoms with Gasteiger partial charge in [-0.2, -0.15) is 5.26 Å². The lowest BCUT2D eigenvalue weighted by molar-refractivity contribution is -0.116. The van der Waals surface area contributed by atoms with Crippen LogP contribution in [0.1, 0.15) is 37.7 Å². The molecule has 0 bridgehead atoms. The molecule has 0 radical (unpaired) electrons. The number of allylic oxidation sites excluding steroid dienone is 3. The van der Waals surface area contributed by atoms with Crippen molar-refractivity contribution < 1.29 is 14.3 Å². The van der Waals surface area contributed by atoms with Crippen molar-refractivity contribution in [2.24, 2.45) is 5.73 Å². The van der Waals surface area contributed by atoms with E-state index in [0.29, 0.717) is 58.6 Å². The molecule has 0 amide bonds. The van der Waals surface area contributed by atoms with Crippen LogP contribution in [0.25, 0.3) is 0 Å². The molecular weight excluding hydrogens is 363 g/mol. The average Bonchev–Trinajstić information content (AvgIpc) is 2.57. The van der Waals surface area contributed by atoms with Crippen molar-refractivity contribution in [3.8, 4) is 11.8 Å². The van der Waals surface area contributed by atoms with E-state index in [1.807, 2.05) is 6.92 Å². The van der Waals surface area contributed by atoms with Crippen molar-refractivity contribution in [3.05, 3.63) is 50.5 Å². The summed E-state index contributed by atoms with van der Waals surface area (Å²) < 4.78 is 11.0. The molecule has 0 spiro atoms. The minimum Gasteiger partial charge on any atom is -0.491 e.